The van der Waals surface area contributed by atoms with Crippen LogP contribution < -0.4 is 10.1 Å². The van der Waals surface area contributed by atoms with Gasteiger partial charge in [-0.3, -0.25) is 19.3 Å². The van der Waals surface area contributed by atoms with Gasteiger partial charge < -0.3 is 10.1 Å². The topological polar surface area (TPSA) is 75.7 Å². The monoisotopic (exact) mass is 436 g/mol. The minimum absolute atomic E-state index is 0.205. The molecule has 0 aliphatic carbocycles. The molecule has 1 saturated heterocycles. The van der Waals surface area contributed by atoms with Crippen LogP contribution in [-0.2, 0) is 9.59 Å². The van der Waals surface area contributed by atoms with Gasteiger partial charge in [0.25, 0.3) is 11.1 Å². The number of halogens is 2. The molecule has 2 aromatic rings. The quantitative estimate of drug-likeness (QED) is 0.688. The Morgan fingerprint density at radius 3 is 2.61 bits per heavy atom. The highest BCUT2D eigenvalue weighted by Crippen LogP contribution is 2.33. The molecule has 1 N–H and O–H groups in total. The summed E-state index contributed by atoms with van der Waals surface area (Å²) in [7, 11) is 1.50. The molecule has 6 nitrogen and oxygen atoms in total. The van der Waals surface area contributed by atoms with E-state index in [1.54, 1.807) is 48.5 Å². The highest BCUT2D eigenvalue weighted by molar-refractivity contribution is 8.18. The number of hydrogen-bond acceptors (Lipinski definition) is 5. The van der Waals surface area contributed by atoms with Crippen LogP contribution in [0.25, 0.3) is 6.08 Å². The summed E-state index contributed by atoms with van der Waals surface area (Å²) in [5, 5.41) is 2.81. The number of methoxy groups -OCH3 is 1. The standard InChI is InChI=1S/C19H14Cl2N2O4S/c1-27-15-7-6-11(8-13(15)21)9-16-18(25)23(19(26)28-16)10-17(24)22-14-5-3-2-4-12(14)20/h2-9H,10H2,1H3,(H,22,24)/b16-9+. The van der Waals surface area contributed by atoms with E-state index < -0.39 is 23.6 Å². The lowest BCUT2D eigenvalue weighted by Crippen LogP contribution is -2.36. The highest BCUT2D eigenvalue weighted by atomic mass is 35.5. The fourth-order valence-corrected chi connectivity index (χ4v) is 3.74. The van der Waals surface area contributed by atoms with Gasteiger partial charge in [0.1, 0.15) is 12.3 Å². The summed E-state index contributed by atoms with van der Waals surface area (Å²) in [4.78, 5) is 38.0. The number of para-hydroxylation sites is 1. The van der Waals surface area contributed by atoms with Crippen molar-refractivity contribution in [3.8, 4) is 5.75 Å². The Morgan fingerprint density at radius 2 is 1.93 bits per heavy atom. The molecule has 0 spiro atoms. The molecule has 2 aromatic carbocycles. The SMILES string of the molecule is COc1ccc(/C=C2/SC(=O)N(CC(=O)Nc3ccccc3Cl)C2=O)cc1Cl. The van der Waals surface area contributed by atoms with E-state index in [2.05, 4.69) is 5.32 Å². The maximum Gasteiger partial charge on any atom is 0.294 e. The summed E-state index contributed by atoms with van der Waals surface area (Å²) >= 11 is 12.8. The number of ether oxygens (including phenoxy) is 1. The van der Waals surface area contributed by atoms with Crippen molar-refractivity contribution >= 4 is 63.8 Å². The van der Waals surface area contributed by atoms with Gasteiger partial charge in [-0.05, 0) is 47.7 Å². The van der Waals surface area contributed by atoms with Crippen molar-refractivity contribution < 1.29 is 19.1 Å². The first-order chi connectivity index (χ1) is 13.4. The van der Waals surface area contributed by atoms with E-state index in [9.17, 15) is 14.4 Å². The molecule has 144 valence electrons. The molecule has 0 atom stereocenters. The molecule has 1 heterocycles. The van der Waals surface area contributed by atoms with Gasteiger partial charge in [-0.15, -0.1) is 0 Å². The number of anilines is 1. The maximum absolute atomic E-state index is 12.5. The van der Waals surface area contributed by atoms with E-state index in [1.165, 1.54) is 7.11 Å². The van der Waals surface area contributed by atoms with Crippen LogP contribution in [0.4, 0.5) is 10.5 Å². The molecule has 1 aliphatic rings. The lowest BCUT2D eigenvalue weighted by Gasteiger charge is -2.13. The van der Waals surface area contributed by atoms with Crippen LogP contribution in [0.2, 0.25) is 10.0 Å². The second-order valence-corrected chi connectivity index (χ2v) is 7.50. The number of carbonyl (C=O) groups is 3. The zero-order valence-electron chi connectivity index (χ0n) is 14.6. The third kappa shape index (κ3) is 4.49. The maximum atomic E-state index is 12.5. The average Bonchev–Trinajstić information content (AvgIpc) is 2.91. The van der Waals surface area contributed by atoms with Gasteiger partial charge in [-0.2, -0.15) is 0 Å². The Labute approximate surface area is 175 Å². The van der Waals surface area contributed by atoms with E-state index in [4.69, 9.17) is 27.9 Å². The zero-order chi connectivity index (χ0) is 20.3. The van der Waals surface area contributed by atoms with Crippen molar-refractivity contribution in [2.75, 3.05) is 19.0 Å². The molecule has 0 unspecified atom stereocenters. The lowest BCUT2D eigenvalue weighted by molar-refractivity contribution is -0.127. The van der Waals surface area contributed by atoms with Crippen LogP contribution >= 0.6 is 35.0 Å². The first-order valence-electron chi connectivity index (χ1n) is 8.02. The van der Waals surface area contributed by atoms with Gasteiger partial charge in [-0.1, -0.05) is 41.4 Å². The third-order valence-corrected chi connectivity index (χ3v) is 5.33. The summed E-state index contributed by atoms with van der Waals surface area (Å²) in [6.45, 7) is -0.406. The van der Waals surface area contributed by atoms with E-state index in [-0.39, 0.29) is 4.91 Å². The summed E-state index contributed by atoms with van der Waals surface area (Å²) in [6, 6.07) is 11.7. The predicted molar refractivity (Wildman–Crippen MR) is 111 cm³/mol. The molecule has 28 heavy (non-hydrogen) atoms. The number of imide groups is 1. The van der Waals surface area contributed by atoms with Crippen LogP contribution in [0.1, 0.15) is 5.56 Å². The average molecular weight is 437 g/mol. The number of nitrogens with zero attached hydrogens (tertiary/aromatic N) is 1. The van der Waals surface area contributed by atoms with Gasteiger partial charge in [0.05, 0.1) is 27.7 Å². The normalized spacial score (nSPS) is 15.2. The highest BCUT2D eigenvalue weighted by Gasteiger charge is 2.36. The first-order valence-corrected chi connectivity index (χ1v) is 9.59. The van der Waals surface area contributed by atoms with Crippen molar-refractivity contribution in [2.24, 2.45) is 0 Å². The number of hydrogen-bond donors (Lipinski definition) is 1. The summed E-state index contributed by atoms with van der Waals surface area (Å²) < 4.78 is 5.09. The van der Waals surface area contributed by atoms with E-state index in [0.29, 0.717) is 27.0 Å². The number of nitrogens with one attached hydrogen (secondary N) is 1. The molecule has 3 rings (SSSR count). The minimum Gasteiger partial charge on any atom is -0.495 e. The van der Waals surface area contributed by atoms with Gasteiger partial charge in [0.15, 0.2) is 0 Å². The van der Waals surface area contributed by atoms with Crippen LogP contribution in [0.5, 0.6) is 5.75 Å². The van der Waals surface area contributed by atoms with E-state index >= 15 is 0 Å². The lowest BCUT2D eigenvalue weighted by atomic mass is 10.2. The smallest absolute Gasteiger partial charge is 0.294 e. The molecule has 1 fully saturated rings. The van der Waals surface area contributed by atoms with Crippen LogP contribution in [0.15, 0.2) is 47.4 Å². The molecular weight excluding hydrogens is 423 g/mol. The van der Waals surface area contributed by atoms with Gasteiger partial charge in [0.2, 0.25) is 5.91 Å². The van der Waals surface area contributed by atoms with Crippen molar-refractivity contribution in [3.63, 3.8) is 0 Å². The van der Waals surface area contributed by atoms with Crippen LogP contribution in [0, 0.1) is 0 Å². The van der Waals surface area contributed by atoms with E-state index in [0.717, 1.165) is 16.7 Å². The molecule has 0 bridgehead atoms. The predicted octanol–water partition coefficient (Wildman–Crippen LogP) is 4.68. The molecule has 0 saturated carbocycles. The van der Waals surface area contributed by atoms with E-state index in [1.807, 2.05) is 0 Å². The van der Waals surface area contributed by atoms with Gasteiger partial charge in [0, 0.05) is 0 Å². The minimum atomic E-state index is -0.545. The number of carbonyl (C=O) groups excluding carboxylic acids is 3. The number of amides is 3. The summed E-state index contributed by atoms with van der Waals surface area (Å²) in [5.41, 5.74) is 1.04. The van der Waals surface area contributed by atoms with Crippen molar-refractivity contribution in [3.05, 3.63) is 63.0 Å². The zero-order valence-corrected chi connectivity index (χ0v) is 16.9. The second kappa shape index (κ2) is 8.68. The Morgan fingerprint density at radius 1 is 1.18 bits per heavy atom. The number of rotatable bonds is 5. The molecule has 0 aromatic heterocycles. The Kier molecular flexibility index (Phi) is 6.28. The van der Waals surface area contributed by atoms with Crippen molar-refractivity contribution in [1.82, 2.24) is 4.90 Å². The van der Waals surface area contributed by atoms with Crippen molar-refractivity contribution in [2.45, 2.75) is 0 Å². The van der Waals surface area contributed by atoms with Gasteiger partial charge in [-0.25, -0.2) is 0 Å². The molecular formula is C19H14Cl2N2O4S. The Balaban J connectivity index is 1.72. The fraction of sp³-hybridized carbons (Fsp3) is 0.105. The molecule has 1 aliphatic heterocycles. The number of benzene rings is 2. The Bertz CT molecular complexity index is 994. The molecule has 0 radical (unpaired) electrons. The van der Waals surface area contributed by atoms with Gasteiger partial charge >= 0.3 is 0 Å². The molecule has 9 heteroatoms. The first kappa shape index (κ1) is 20.3. The van der Waals surface area contributed by atoms with Crippen LogP contribution in [-0.4, -0.2) is 35.6 Å². The fourth-order valence-electron chi connectivity index (χ4n) is 2.46. The molecule has 3 amide bonds. The largest absolute Gasteiger partial charge is 0.495 e. The Hall–Kier alpha value is -2.48. The van der Waals surface area contributed by atoms with Crippen LogP contribution in [0.3, 0.4) is 0 Å². The summed E-state index contributed by atoms with van der Waals surface area (Å²) in [5.74, 6) is -0.566. The third-order valence-electron chi connectivity index (χ3n) is 3.80. The second-order valence-electron chi connectivity index (χ2n) is 5.69. The van der Waals surface area contributed by atoms with Crippen molar-refractivity contribution in [1.29, 1.82) is 0 Å². The number of thioether (sulfide) groups is 1. The summed E-state index contributed by atoms with van der Waals surface area (Å²) in [6.07, 6.45) is 1.54.